The maximum absolute atomic E-state index is 11.3. The Bertz CT molecular complexity index is 389. The van der Waals surface area contributed by atoms with Gasteiger partial charge in [0.25, 0.3) is 0 Å². The first kappa shape index (κ1) is 9.98. The van der Waals surface area contributed by atoms with Crippen molar-refractivity contribution in [3.63, 3.8) is 0 Å². The molecule has 1 aliphatic rings. The number of fused-ring (bicyclic) bond motifs is 1. The molecular formula is C11H13NO3. The van der Waals surface area contributed by atoms with Crippen molar-refractivity contribution in [2.45, 2.75) is 12.5 Å². The third kappa shape index (κ3) is 1.80. The molecule has 0 bridgehead atoms. The minimum absolute atomic E-state index is 0.000414. The molecule has 1 heterocycles. The van der Waals surface area contributed by atoms with Crippen LogP contribution in [-0.4, -0.2) is 19.7 Å². The van der Waals surface area contributed by atoms with Gasteiger partial charge in [-0.25, -0.2) is 4.79 Å². The summed E-state index contributed by atoms with van der Waals surface area (Å²) in [4.78, 5) is 11.3. The number of hydrogen-bond donors (Lipinski definition) is 1. The second kappa shape index (κ2) is 3.90. The zero-order valence-electron chi connectivity index (χ0n) is 8.53. The first-order valence-electron chi connectivity index (χ1n) is 4.83. The number of hydrogen-bond acceptors (Lipinski definition) is 4. The number of carbonyl (C=O) groups is 1. The van der Waals surface area contributed by atoms with Gasteiger partial charge in [0.15, 0.2) is 0 Å². The van der Waals surface area contributed by atoms with Crippen molar-refractivity contribution in [2.75, 3.05) is 13.7 Å². The summed E-state index contributed by atoms with van der Waals surface area (Å²) in [6.45, 7) is 0.596. The van der Waals surface area contributed by atoms with Gasteiger partial charge >= 0.3 is 5.97 Å². The molecule has 0 amide bonds. The number of carbonyl (C=O) groups excluding carboxylic acids is 1. The van der Waals surface area contributed by atoms with Crippen LogP contribution in [0.1, 0.15) is 28.4 Å². The summed E-state index contributed by atoms with van der Waals surface area (Å²) >= 11 is 0. The van der Waals surface area contributed by atoms with E-state index in [-0.39, 0.29) is 12.0 Å². The zero-order valence-corrected chi connectivity index (χ0v) is 8.53. The van der Waals surface area contributed by atoms with Crippen molar-refractivity contribution in [1.82, 2.24) is 0 Å². The predicted octanol–water partition coefficient (Wildman–Crippen LogP) is 1.26. The SMILES string of the molecule is COC(=O)c1ccc2c(c1)OCC[C@H]2N. The van der Waals surface area contributed by atoms with E-state index in [0.717, 1.165) is 12.0 Å². The monoisotopic (exact) mass is 207 g/mol. The fourth-order valence-corrected chi connectivity index (χ4v) is 1.66. The van der Waals surface area contributed by atoms with Crippen molar-refractivity contribution < 1.29 is 14.3 Å². The number of methoxy groups -OCH3 is 1. The van der Waals surface area contributed by atoms with Gasteiger partial charge in [-0.3, -0.25) is 0 Å². The van der Waals surface area contributed by atoms with Gasteiger partial charge in [-0.2, -0.15) is 0 Å². The van der Waals surface area contributed by atoms with Gasteiger partial charge in [0.2, 0.25) is 0 Å². The summed E-state index contributed by atoms with van der Waals surface area (Å²) in [6.07, 6.45) is 0.810. The molecular weight excluding hydrogens is 194 g/mol. The van der Waals surface area contributed by atoms with E-state index < -0.39 is 0 Å². The third-order valence-electron chi connectivity index (χ3n) is 2.52. The maximum Gasteiger partial charge on any atom is 0.337 e. The second-order valence-electron chi connectivity index (χ2n) is 3.49. The lowest BCUT2D eigenvalue weighted by Gasteiger charge is -2.23. The van der Waals surface area contributed by atoms with Gasteiger partial charge in [-0.05, 0) is 12.1 Å². The summed E-state index contributed by atoms with van der Waals surface area (Å²) in [5.41, 5.74) is 7.35. The lowest BCUT2D eigenvalue weighted by Crippen LogP contribution is -2.20. The number of nitrogens with two attached hydrogens (primary N) is 1. The Morgan fingerprint density at radius 2 is 2.40 bits per heavy atom. The molecule has 1 aromatic rings. The Morgan fingerprint density at radius 1 is 1.60 bits per heavy atom. The molecule has 0 unspecified atom stereocenters. The maximum atomic E-state index is 11.3. The van der Waals surface area contributed by atoms with Crippen LogP contribution < -0.4 is 10.5 Å². The van der Waals surface area contributed by atoms with E-state index in [2.05, 4.69) is 4.74 Å². The fraction of sp³-hybridized carbons (Fsp3) is 0.364. The highest BCUT2D eigenvalue weighted by Gasteiger charge is 2.19. The van der Waals surface area contributed by atoms with Gasteiger partial charge in [0, 0.05) is 18.0 Å². The molecule has 0 spiro atoms. The Hall–Kier alpha value is -1.55. The molecule has 15 heavy (non-hydrogen) atoms. The van der Waals surface area contributed by atoms with Crippen molar-refractivity contribution in [2.24, 2.45) is 5.73 Å². The van der Waals surface area contributed by atoms with E-state index in [1.165, 1.54) is 7.11 Å². The average Bonchev–Trinajstić information content (AvgIpc) is 2.28. The highest BCUT2D eigenvalue weighted by atomic mass is 16.5. The quantitative estimate of drug-likeness (QED) is 0.704. The number of benzene rings is 1. The molecule has 1 aliphatic heterocycles. The zero-order chi connectivity index (χ0) is 10.8. The number of ether oxygens (including phenoxy) is 2. The first-order valence-corrected chi connectivity index (χ1v) is 4.83. The molecule has 4 heteroatoms. The molecule has 0 aromatic heterocycles. The van der Waals surface area contributed by atoms with Gasteiger partial charge in [-0.1, -0.05) is 6.07 Å². The van der Waals surface area contributed by atoms with Crippen molar-refractivity contribution >= 4 is 5.97 Å². The van der Waals surface area contributed by atoms with E-state index in [4.69, 9.17) is 10.5 Å². The van der Waals surface area contributed by atoms with E-state index in [1.54, 1.807) is 12.1 Å². The summed E-state index contributed by atoms with van der Waals surface area (Å²) in [7, 11) is 1.36. The standard InChI is InChI=1S/C11H13NO3/c1-14-11(13)7-2-3-8-9(12)4-5-15-10(8)6-7/h2-3,6,9H,4-5,12H2,1H3/t9-/m1/s1. The molecule has 0 saturated carbocycles. The summed E-state index contributed by atoms with van der Waals surface area (Å²) in [5, 5.41) is 0. The van der Waals surface area contributed by atoms with Crippen LogP contribution >= 0.6 is 0 Å². The molecule has 4 nitrogen and oxygen atoms in total. The van der Waals surface area contributed by atoms with Crippen molar-refractivity contribution in [3.8, 4) is 5.75 Å². The van der Waals surface area contributed by atoms with Gasteiger partial charge in [0.05, 0.1) is 19.3 Å². The summed E-state index contributed by atoms with van der Waals surface area (Å²) < 4.78 is 10.1. The van der Waals surface area contributed by atoms with E-state index in [0.29, 0.717) is 17.9 Å². The molecule has 0 aliphatic carbocycles. The Balaban J connectivity index is 2.37. The third-order valence-corrected chi connectivity index (χ3v) is 2.52. The lowest BCUT2D eigenvalue weighted by molar-refractivity contribution is 0.0600. The second-order valence-corrected chi connectivity index (χ2v) is 3.49. The molecule has 2 rings (SSSR count). The first-order chi connectivity index (χ1) is 7.22. The van der Waals surface area contributed by atoms with E-state index >= 15 is 0 Å². The van der Waals surface area contributed by atoms with Crippen LogP contribution in [-0.2, 0) is 4.74 Å². The van der Waals surface area contributed by atoms with Gasteiger partial charge in [-0.15, -0.1) is 0 Å². The fourth-order valence-electron chi connectivity index (χ4n) is 1.66. The molecule has 2 N–H and O–H groups in total. The van der Waals surface area contributed by atoms with Crippen LogP contribution in [0, 0.1) is 0 Å². The largest absolute Gasteiger partial charge is 0.493 e. The number of esters is 1. The van der Waals surface area contributed by atoms with Crippen LogP contribution in [0.2, 0.25) is 0 Å². The average molecular weight is 207 g/mol. The van der Waals surface area contributed by atoms with Crippen molar-refractivity contribution in [1.29, 1.82) is 0 Å². The smallest absolute Gasteiger partial charge is 0.337 e. The lowest BCUT2D eigenvalue weighted by atomic mass is 10.00. The molecule has 0 fully saturated rings. The topological polar surface area (TPSA) is 61.5 Å². The van der Waals surface area contributed by atoms with Crippen LogP contribution in [0.5, 0.6) is 5.75 Å². The van der Waals surface area contributed by atoms with E-state index in [9.17, 15) is 4.79 Å². The van der Waals surface area contributed by atoms with Crippen LogP contribution in [0.4, 0.5) is 0 Å². The van der Waals surface area contributed by atoms with Crippen molar-refractivity contribution in [3.05, 3.63) is 29.3 Å². The molecule has 1 aromatic carbocycles. The Kier molecular flexibility index (Phi) is 2.60. The minimum atomic E-state index is -0.361. The predicted molar refractivity (Wildman–Crippen MR) is 54.8 cm³/mol. The molecule has 80 valence electrons. The van der Waals surface area contributed by atoms with Crippen LogP contribution in [0.25, 0.3) is 0 Å². The Labute approximate surface area is 88.0 Å². The van der Waals surface area contributed by atoms with E-state index in [1.807, 2.05) is 6.07 Å². The van der Waals surface area contributed by atoms with Gasteiger partial charge < -0.3 is 15.2 Å². The van der Waals surface area contributed by atoms with Gasteiger partial charge in [0.1, 0.15) is 5.75 Å². The number of rotatable bonds is 1. The minimum Gasteiger partial charge on any atom is -0.493 e. The van der Waals surface area contributed by atoms with Crippen LogP contribution in [0.15, 0.2) is 18.2 Å². The molecule has 0 saturated heterocycles. The summed E-state index contributed by atoms with van der Waals surface area (Å²) in [6, 6.07) is 5.21. The Morgan fingerprint density at radius 3 is 3.13 bits per heavy atom. The normalized spacial score (nSPS) is 18.9. The molecule has 1 atom stereocenters. The summed E-state index contributed by atoms with van der Waals surface area (Å²) in [5.74, 6) is 0.331. The molecule has 0 radical (unpaired) electrons. The highest BCUT2D eigenvalue weighted by molar-refractivity contribution is 5.90. The highest BCUT2D eigenvalue weighted by Crippen LogP contribution is 2.31. The van der Waals surface area contributed by atoms with Crippen LogP contribution in [0.3, 0.4) is 0 Å².